The van der Waals surface area contributed by atoms with Gasteiger partial charge in [-0.1, -0.05) is 30.3 Å². The molecule has 0 saturated carbocycles. The normalized spacial score (nSPS) is 26.2. The van der Waals surface area contributed by atoms with E-state index < -0.39 is 0 Å². The Hall–Kier alpha value is -1.39. The largest absolute Gasteiger partial charge is 0.375 e. The van der Waals surface area contributed by atoms with Gasteiger partial charge in [-0.15, -0.1) is 0 Å². The number of amides is 1. The molecule has 4 nitrogen and oxygen atoms in total. The highest BCUT2D eigenvalue weighted by Gasteiger charge is 2.24. The predicted octanol–water partition coefficient (Wildman–Crippen LogP) is 1.85. The molecule has 1 saturated heterocycles. The van der Waals surface area contributed by atoms with Gasteiger partial charge in [-0.3, -0.25) is 4.79 Å². The summed E-state index contributed by atoms with van der Waals surface area (Å²) in [7, 11) is 0. The van der Waals surface area contributed by atoms with Crippen LogP contribution in [0, 0.1) is 0 Å². The average Bonchev–Trinajstić information content (AvgIpc) is 2.43. The van der Waals surface area contributed by atoms with Crippen LogP contribution in [0.1, 0.15) is 32.3 Å². The van der Waals surface area contributed by atoms with Crippen molar-refractivity contribution in [3.8, 4) is 0 Å². The molecule has 0 aromatic heterocycles. The highest BCUT2D eigenvalue weighted by Crippen LogP contribution is 2.18. The zero-order valence-electron chi connectivity index (χ0n) is 12.3. The number of rotatable bonds is 5. The SMILES string of the molecule is CC1CC(NCC(=O)NCc2ccccc2)CC(C)O1. The zero-order valence-corrected chi connectivity index (χ0v) is 12.3. The minimum Gasteiger partial charge on any atom is -0.375 e. The fourth-order valence-corrected chi connectivity index (χ4v) is 2.67. The summed E-state index contributed by atoms with van der Waals surface area (Å²) in [6.07, 6.45) is 2.47. The van der Waals surface area contributed by atoms with Gasteiger partial charge in [0.05, 0.1) is 18.8 Å². The van der Waals surface area contributed by atoms with Gasteiger partial charge in [0, 0.05) is 12.6 Å². The maximum absolute atomic E-state index is 11.8. The topological polar surface area (TPSA) is 50.4 Å². The van der Waals surface area contributed by atoms with E-state index in [-0.39, 0.29) is 18.1 Å². The fraction of sp³-hybridized carbons (Fsp3) is 0.562. The lowest BCUT2D eigenvalue weighted by Crippen LogP contribution is -2.45. The lowest BCUT2D eigenvalue weighted by Gasteiger charge is -2.32. The molecule has 2 rings (SSSR count). The van der Waals surface area contributed by atoms with Gasteiger partial charge in [-0.05, 0) is 32.3 Å². The smallest absolute Gasteiger partial charge is 0.234 e. The second-order valence-corrected chi connectivity index (χ2v) is 5.57. The second kappa shape index (κ2) is 7.41. The second-order valence-electron chi connectivity index (χ2n) is 5.57. The van der Waals surface area contributed by atoms with E-state index >= 15 is 0 Å². The van der Waals surface area contributed by atoms with E-state index in [9.17, 15) is 4.79 Å². The van der Waals surface area contributed by atoms with E-state index in [0.29, 0.717) is 19.1 Å². The fourth-order valence-electron chi connectivity index (χ4n) is 2.67. The number of hydrogen-bond acceptors (Lipinski definition) is 3. The highest BCUT2D eigenvalue weighted by atomic mass is 16.5. The Labute approximate surface area is 120 Å². The Morgan fingerprint density at radius 1 is 1.20 bits per heavy atom. The molecular weight excluding hydrogens is 252 g/mol. The summed E-state index contributed by atoms with van der Waals surface area (Å²) < 4.78 is 5.69. The first-order valence-corrected chi connectivity index (χ1v) is 7.33. The van der Waals surface area contributed by atoms with Crippen molar-refractivity contribution in [3.63, 3.8) is 0 Å². The Kier molecular flexibility index (Phi) is 5.56. The van der Waals surface area contributed by atoms with Crippen molar-refractivity contribution in [2.45, 2.75) is 51.5 Å². The number of hydrogen-bond donors (Lipinski definition) is 2. The van der Waals surface area contributed by atoms with Crippen LogP contribution in [0.15, 0.2) is 30.3 Å². The van der Waals surface area contributed by atoms with Gasteiger partial charge in [-0.2, -0.15) is 0 Å². The Bertz CT molecular complexity index is 412. The summed E-state index contributed by atoms with van der Waals surface area (Å²) in [5.74, 6) is 0.0423. The number of benzene rings is 1. The van der Waals surface area contributed by atoms with Gasteiger partial charge >= 0.3 is 0 Å². The molecule has 1 aliphatic rings. The number of carbonyl (C=O) groups is 1. The van der Waals surface area contributed by atoms with E-state index in [1.165, 1.54) is 0 Å². The van der Waals surface area contributed by atoms with E-state index in [2.05, 4.69) is 24.5 Å². The van der Waals surface area contributed by atoms with Gasteiger partial charge in [-0.25, -0.2) is 0 Å². The molecule has 2 atom stereocenters. The van der Waals surface area contributed by atoms with Crippen molar-refractivity contribution in [1.29, 1.82) is 0 Å². The van der Waals surface area contributed by atoms with E-state index in [0.717, 1.165) is 18.4 Å². The summed E-state index contributed by atoms with van der Waals surface area (Å²) in [4.78, 5) is 11.8. The first kappa shape index (κ1) is 15.0. The van der Waals surface area contributed by atoms with Crippen LogP contribution in [0.5, 0.6) is 0 Å². The third kappa shape index (κ3) is 4.94. The highest BCUT2D eigenvalue weighted by molar-refractivity contribution is 5.78. The summed E-state index contributed by atoms with van der Waals surface area (Å²) in [5, 5.41) is 6.25. The summed E-state index contributed by atoms with van der Waals surface area (Å²) in [6.45, 7) is 5.12. The first-order chi connectivity index (χ1) is 9.63. The maximum Gasteiger partial charge on any atom is 0.234 e. The van der Waals surface area contributed by atoms with Crippen LogP contribution in [0.2, 0.25) is 0 Å². The molecule has 0 aliphatic carbocycles. The molecule has 20 heavy (non-hydrogen) atoms. The molecule has 110 valence electrons. The van der Waals surface area contributed by atoms with Gasteiger partial charge in [0.2, 0.25) is 5.91 Å². The van der Waals surface area contributed by atoms with Crippen molar-refractivity contribution in [2.75, 3.05) is 6.54 Å². The molecule has 2 unspecified atom stereocenters. The number of carbonyl (C=O) groups excluding carboxylic acids is 1. The molecular formula is C16H24N2O2. The van der Waals surface area contributed by atoms with Crippen LogP contribution in [-0.4, -0.2) is 30.7 Å². The van der Waals surface area contributed by atoms with E-state index in [4.69, 9.17) is 4.74 Å². The molecule has 1 aliphatic heterocycles. The molecule has 2 N–H and O–H groups in total. The van der Waals surface area contributed by atoms with E-state index in [1.54, 1.807) is 0 Å². The molecule has 0 spiro atoms. The molecule has 0 bridgehead atoms. The number of nitrogens with one attached hydrogen (secondary N) is 2. The van der Waals surface area contributed by atoms with Crippen molar-refractivity contribution >= 4 is 5.91 Å². The van der Waals surface area contributed by atoms with Crippen LogP contribution >= 0.6 is 0 Å². The Morgan fingerprint density at radius 2 is 1.85 bits per heavy atom. The van der Waals surface area contributed by atoms with Crippen molar-refractivity contribution < 1.29 is 9.53 Å². The summed E-state index contributed by atoms with van der Waals surface area (Å²) >= 11 is 0. The monoisotopic (exact) mass is 276 g/mol. The van der Waals surface area contributed by atoms with Crippen molar-refractivity contribution in [1.82, 2.24) is 10.6 Å². The third-order valence-electron chi connectivity index (χ3n) is 3.58. The lowest BCUT2D eigenvalue weighted by atomic mass is 10.00. The van der Waals surface area contributed by atoms with Crippen LogP contribution in [-0.2, 0) is 16.1 Å². The predicted molar refractivity (Wildman–Crippen MR) is 79.3 cm³/mol. The van der Waals surface area contributed by atoms with Gasteiger partial charge < -0.3 is 15.4 Å². The summed E-state index contributed by atoms with van der Waals surface area (Å²) in [5.41, 5.74) is 1.12. The Morgan fingerprint density at radius 3 is 2.50 bits per heavy atom. The van der Waals surface area contributed by atoms with Crippen LogP contribution < -0.4 is 10.6 Å². The molecule has 1 amide bonds. The molecule has 1 fully saturated rings. The molecule has 1 aromatic carbocycles. The quantitative estimate of drug-likeness (QED) is 0.863. The Balaban J connectivity index is 1.67. The average molecular weight is 276 g/mol. The van der Waals surface area contributed by atoms with Gasteiger partial charge in [0.25, 0.3) is 0 Å². The molecule has 4 heteroatoms. The van der Waals surface area contributed by atoms with Crippen molar-refractivity contribution in [3.05, 3.63) is 35.9 Å². The first-order valence-electron chi connectivity index (χ1n) is 7.33. The van der Waals surface area contributed by atoms with E-state index in [1.807, 2.05) is 30.3 Å². The lowest BCUT2D eigenvalue weighted by molar-refractivity contribution is -0.121. The van der Waals surface area contributed by atoms with Crippen LogP contribution in [0.25, 0.3) is 0 Å². The van der Waals surface area contributed by atoms with Crippen molar-refractivity contribution in [2.24, 2.45) is 0 Å². The standard InChI is InChI=1S/C16H24N2O2/c1-12-8-15(9-13(2)20-12)17-11-16(19)18-10-14-6-4-3-5-7-14/h3-7,12-13,15,17H,8-11H2,1-2H3,(H,18,19). The number of ether oxygens (including phenoxy) is 1. The summed E-state index contributed by atoms with van der Waals surface area (Å²) in [6, 6.07) is 10.3. The maximum atomic E-state index is 11.8. The molecule has 1 heterocycles. The molecule has 1 aromatic rings. The molecule has 0 radical (unpaired) electrons. The van der Waals surface area contributed by atoms with Crippen LogP contribution in [0.3, 0.4) is 0 Å². The third-order valence-corrected chi connectivity index (χ3v) is 3.58. The zero-order chi connectivity index (χ0) is 14.4. The van der Waals surface area contributed by atoms with Gasteiger partial charge in [0.15, 0.2) is 0 Å². The van der Waals surface area contributed by atoms with Crippen LogP contribution in [0.4, 0.5) is 0 Å². The minimum absolute atomic E-state index is 0.0423. The van der Waals surface area contributed by atoms with Gasteiger partial charge in [0.1, 0.15) is 0 Å². The minimum atomic E-state index is 0.0423.